The van der Waals surface area contributed by atoms with Crippen LogP contribution >= 0.6 is 0 Å². The zero-order valence-corrected chi connectivity index (χ0v) is 12.1. The Morgan fingerprint density at radius 2 is 2.00 bits per heavy atom. The van der Waals surface area contributed by atoms with Crippen molar-refractivity contribution in [1.82, 2.24) is 9.62 Å². The largest absolute Gasteiger partial charge is 0.315 e. The van der Waals surface area contributed by atoms with E-state index in [0.717, 1.165) is 19.5 Å². The molecule has 0 aromatic rings. The summed E-state index contributed by atoms with van der Waals surface area (Å²) < 4.78 is 26.3. The van der Waals surface area contributed by atoms with Crippen molar-refractivity contribution in [3.63, 3.8) is 0 Å². The lowest BCUT2D eigenvalue weighted by molar-refractivity contribution is 0.404. The molecular formula is C12H26N2O2S. The van der Waals surface area contributed by atoms with Gasteiger partial charge >= 0.3 is 0 Å². The third kappa shape index (κ3) is 4.56. The van der Waals surface area contributed by atoms with Crippen LogP contribution in [0.15, 0.2) is 0 Å². The molecule has 4 nitrogen and oxygen atoms in total. The van der Waals surface area contributed by atoms with Crippen LogP contribution < -0.4 is 5.32 Å². The summed E-state index contributed by atoms with van der Waals surface area (Å²) >= 11 is 0. The van der Waals surface area contributed by atoms with Gasteiger partial charge < -0.3 is 5.32 Å². The number of sulfonamides is 1. The predicted molar refractivity (Wildman–Crippen MR) is 71.5 cm³/mol. The third-order valence-electron chi connectivity index (χ3n) is 3.24. The molecule has 17 heavy (non-hydrogen) atoms. The van der Waals surface area contributed by atoms with Crippen LogP contribution in [0.25, 0.3) is 0 Å². The van der Waals surface area contributed by atoms with Gasteiger partial charge in [-0.05, 0) is 38.6 Å². The molecule has 0 saturated heterocycles. The lowest BCUT2D eigenvalue weighted by Crippen LogP contribution is -2.43. The fourth-order valence-corrected chi connectivity index (χ4v) is 3.46. The molecule has 1 unspecified atom stereocenters. The second-order valence-electron chi connectivity index (χ2n) is 4.95. The Labute approximate surface area is 106 Å². The first-order chi connectivity index (χ1) is 8.02. The molecule has 0 amide bonds. The molecule has 0 aromatic carbocycles. The van der Waals surface area contributed by atoms with E-state index in [-0.39, 0.29) is 5.25 Å². The molecule has 0 radical (unpaired) electrons. The number of nitrogens with zero attached hydrogens (tertiary/aromatic N) is 1. The number of nitrogens with one attached hydrogen (secondary N) is 1. The van der Waals surface area contributed by atoms with E-state index in [4.69, 9.17) is 0 Å². The van der Waals surface area contributed by atoms with Gasteiger partial charge in [0.05, 0.1) is 5.25 Å². The molecule has 0 aromatic heterocycles. The Kier molecular flexibility index (Phi) is 5.89. The maximum absolute atomic E-state index is 12.3. The molecule has 1 atom stereocenters. The summed E-state index contributed by atoms with van der Waals surface area (Å²) in [6.07, 6.45) is 3.41. The van der Waals surface area contributed by atoms with Crippen molar-refractivity contribution in [2.24, 2.45) is 5.92 Å². The Bertz CT molecular complexity index is 312. The maximum Gasteiger partial charge on any atom is 0.217 e. The van der Waals surface area contributed by atoms with Crippen molar-refractivity contribution < 1.29 is 8.42 Å². The monoisotopic (exact) mass is 262 g/mol. The molecule has 0 heterocycles. The molecule has 1 N–H and O–H groups in total. The molecule has 1 rings (SSSR count). The molecule has 0 aliphatic heterocycles. The van der Waals surface area contributed by atoms with Crippen molar-refractivity contribution >= 4 is 10.0 Å². The topological polar surface area (TPSA) is 49.4 Å². The zero-order chi connectivity index (χ0) is 12.9. The van der Waals surface area contributed by atoms with Gasteiger partial charge in [-0.15, -0.1) is 0 Å². The van der Waals surface area contributed by atoms with E-state index in [1.165, 1.54) is 12.8 Å². The number of hydrogen-bond donors (Lipinski definition) is 1. The quantitative estimate of drug-likeness (QED) is 0.640. The highest BCUT2D eigenvalue weighted by Gasteiger charge is 2.32. The maximum atomic E-state index is 12.3. The smallest absolute Gasteiger partial charge is 0.217 e. The van der Waals surface area contributed by atoms with Crippen LogP contribution in [0.2, 0.25) is 0 Å². The summed E-state index contributed by atoms with van der Waals surface area (Å²) in [6, 6.07) is 0. The summed E-state index contributed by atoms with van der Waals surface area (Å²) in [7, 11) is -3.12. The van der Waals surface area contributed by atoms with Crippen LogP contribution in [0.4, 0.5) is 0 Å². The van der Waals surface area contributed by atoms with Gasteiger partial charge in [0.25, 0.3) is 0 Å². The van der Waals surface area contributed by atoms with E-state index >= 15 is 0 Å². The van der Waals surface area contributed by atoms with Crippen molar-refractivity contribution in [3.8, 4) is 0 Å². The second kappa shape index (κ2) is 6.71. The average Bonchev–Trinajstić information content (AvgIpc) is 3.09. The van der Waals surface area contributed by atoms with Gasteiger partial charge in [0.1, 0.15) is 0 Å². The normalized spacial score (nSPS) is 18.6. The highest BCUT2D eigenvalue weighted by Crippen LogP contribution is 2.30. The summed E-state index contributed by atoms with van der Waals surface area (Å²) in [4.78, 5) is 0. The van der Waals surface area contributed by atoms with Gasteiger partial charge in [-0.1, -0.05) is 13.8 Å². The van der Waals surface area contributed by atoms with E-state index < -0.39 is 10.0 Å². The fourth-order valence-electron chi connectivity index (χ4n) is 1.84. The highest BCUT2D eigenvalue weighted by molar-refractivity contribution is 7.89. The molecule has 102 valence electrons. The van der Waals surface area contributed by atoms with E-state index in [2.05, 4.69) is 12.2 Å². The van der Waals surface area contributed by atoms with E-state index in [1.807, 2.05) is 6.92 Å². The van der Waals surface area contributed by atoms with Gasteiger partial charge in [0.2, 0.25) is 10.0 Å². The molecule has 0 spiro atoms. The van der Waals surface area contributed by atoms with Gasteiger partial charge in [0.15, 0.2) is 0 Å². The SMILES string of the molecule is CCCNCC(C)S(=O)(=O)N(CC)CC1CC1. The Morgan fingerprint density at radius 3 is 2.47 bits per heavy atom. The highest BCUT2D eigenvalue weighted by atomic mass is 32.2. The third-order valence-corrected chi connectivity index (χ3v) is 5.55. The minimum Gasteiger partial charge on any atom is -0.315 e. The summed E-state index contributed by atoms with van der Waals surface area (Å²) in [5.74, 6) is 0.612. The first kappa shape index (κ1) is 14.9. The minimum absolute atomic E-state index is 0.326. The van der Waals surface area contributed by atoms with Crippen LogP contribution in [0.3, 0.4) is 0 Å². The Morgan fingerprint density at radius 1 is 1.35 bits per heavy atom. The number of hydrogen-bond acceptors (Lipinski definition) is 3. The summed E-state index contributed by atoms with van der Waals surface area (Å²) in [6.45, 7) is 8.55. The molecular weight excluding hydrogens is 236 g/mol. The molecule has 1 saturated carbocycles. The Balaban J connectivity index is 2.49. The van der Waals surface area contributed by atoms with Gasteiger partial charge in [-0.3, -0.25) is 0 Å². The fraction of sp³-hybridized carbons (Fsp3) is 1.00. The standard InChI is InChI=1S/C12H26N2O2S/c1-4-8-13-9-11(3)17(15,16)14(5-2)10-12-6-7-12/h11-13H,4-10H2,1-3H3. The summed E-state index contributed by atoms with van der Waals surface area (Å²) in [5.41, 5.74) is 0. The van der Waals surface area contributed by atoms with Gasteiger partial charge in [-0.2, -0.15) is 0 Å². The van der Waals surface area contributed by atoms with E-state index in [0.29, 0.717) is 19.0 Å². The average molecular weight is 262 g/mol. The van der Waals surface area contributed by atoms with Crippen molar-refractivity contribution in [3.05, 3.63) is 0 Å². The van der Waals surface area contributed by atoms with Crippen molar-refractivity contribution in [1.29, 1.82) is 0 Å². The minimum atomic E-state index is -3.12. The van der Waals surface area contributed by atoms with E-state index in [9.17, 15) is 8.42 Å². The zero-order valence-electron chi connectivity index (χ0n) is 11.3. The Hall–Kier alpha value is -0.130. The lowest BCUT2D eigenvalue weighted by Gasteiger charge is -2.24. The second-order valence-corrected chi connectivity index (χ2v) is 7.30. The molecule has 5 heteroatoms. The van der Waals surface area contributed by atoms with Crippen LogP contribution in [0.5, 0.6) is 0 Å². The van der Waals surface area contributed by atoms with Crippen LogP contribution in [0, 0.1) is 5.92 Å². The molecule has 1 aliphatic rings. The first-order valence-electron chi connectivity index (χ1n) is 6.72. The van der Waals surface area contributed by atoms with Crippen LogP contribution in [-0.4, -0.2) is 44.2 Å². The van der Waals surface area contributed by atoms with Crippen LogP contribution in [-0.2, 0) is 10.0 Å². The first-order valence-corrected chi connectivity index (χ1v) is 8.22. The van der Waals surface area contributed by atoms with Crippen LogP contribution in [0.1, 0.15) is 40.0 Å². The van der Waals surface area contributed by atoms with Gasteiger partial charge in [-0.25, -0.2) is 12.7 Å². The predicted octanol–water partition coefficient (Wildman–Crippen LogP) is 1.44. The summed E-state index contributed by atoms with van der Waals surface area (Å²) in [5, 5.41) is 2.86. The molecule has 1 fully saturated rings. The van der Waals surface area contributed by atoms with E-state index in [1.54, 1.807) is 11.2 Å². The number of rotatable bonds is 9. The van der Waals surface area contributed by atoms with Gasteiger partial charge in [0, 0.05) is 19.6 Å². The molecule has 0 bridgehead atoms. The lowest BCUT2D eigenvalue weighted by atomic mass is 10.4. The van der Waals surface area contributed by atoms with Crippen molar-refractivity contribution in [2.45, 2.75) is 45.3 Å². The molecule has 1 aliphatic carbocycles. The van der Waals surface area contributed by atoms with Crippen molar-refractivity contribution in [2.75, 3.05) is 26.2 Å².